The maximum Gasteiger partial charge on any atom is 0.269 e. The molecule has 0 spiro atoms. The molecule has 0 aliphatic carbocycles. The molecule has 1 unspecified atom stereocenters. The molecule has 2 N–H and O–H groups in total. The summed E-state index contributed by atoms with van der Waals surface area (Å²) in [6, 6.07) is 11.7. The molecule has 28 heavy (non-hydrogen) atoms. The standard InChI is InChI=1S/C19H20Cl2N2O4S/c1-28(26)12-13-4-2-5-14(10-13)19(25)23-22-18(24)6-3-9-27-17-8-7-15(20)11-16(17)21/h2,4-5,7-8,10-11H,3,6,9,12H2,1H3,(H,22,24)(H,23,25). The van der Waals surface area contributed by atoms with Crippen LogP contribution in [0, 0.1) is 0 Å². The average molecular weight is 443 g/mol. The highest BCUT2D eigenvalue weighted by molar-refractivity contribution is 7.83. The largest absolute Gasteiger partial charge is 0.492 e. The van der Waals surface area contributed by atoms with Gasteiger partial charge in [0, 0.05) is 39.8 Å². The zero-order chi connectivity index (χ0) is 20.5. The van der Waals surface area contributed by atoms with Gasteiger partial charge in [0.15, 0.2) is 0 Å². The van der Waals surface area contributed by atoms with E-state index in [1.165, 1.54) is 0 Å². The van der Waals surface area contributed by atoms with Crippen molar-refractivity contribution in [2.24, 2.45) is 0 Å². The SMILES string of the molecule is CS(=O)Cc1cccc(C(=O)NNC(=O)CCCOc2ccc(Cl)cc2Cl)c1. The van der Waals surface area contributed by atoms with E-state index < -0.39 is 16.7 Å². The van der Waals surface area contributed by atoms with Crippen molar-refractivity contribution in [3.63, 3.8) is 0 Å². The summed E-state index contributed by atoms with van der Waals surface area (Å²) in [5, 5.41) is 0.916. The normalized spacial score (nSPS) is 11.5. The van der Waals surface area contributed by atoms with Crippen LogP contribution in [0.15, 0.2) is 42.5 Å². The third-order valence-electron chi connectivity index (χ3n) is 3.57. The molecule has 0 heterocycles. The van der Waals surface area contributed by atoms with Gasteiger partial charge in [-0.25, -0.2) is 0 Å². The smallest absolute Gasteiger partial charge is 0.269 e. The summed E-state index contributed by atoms with van der Waals surface area (Å²) in [6.07, 6.45) is 2.20. The van der Waals surface area contributed by atoms with Crippen LogP contribution in [0.3, 0.4) is 0 Å². The number of hydrogen-bond acceptors (Lipinski definition) is 4. The number of carbonyl (C=O) groups is 2. The van der Waals surface area contributed by atoms with E-state index >= 15 is 0 Å². The topological polar surface area (TPSA) is 84.5 Å². The van der Waals surface area contributed by atoms with E-state index in [4.69, 9.17) is 27.9 Å². The predicted molar refractivity (Wildman–Crippen MR) is 111 cm³/mol. The van der Waals surface area contributed by atoms with Crippen molar-refractivity contribution in [2.75, 3.05) is 12.9 Å². The molecule has 0 saturated heterocycles. The van der Waals surface area contributed by atoms with Gasteiger partial charge < -0.3 is 4.74 Å². The Balaban J connectivity index is 1.72. The van der Waals surface area contributed by atoms with Gasteiger partial charge in [-0.2, -0.15) is 0 Å². The van der Waals surface area contributed by atoms with E-state index in [9.17, 15) is 13.8 Å². The van der Waals surface area contributed by atoms with E-state index in [2.05, 4.69) is 10.9 Å². The fourth-order valence-corrected chi connectivity index (χ4v) is 3.42. The Morgan fingerprint density at radius 3 is 2.61 bits per heavy atom. The average Bonchev–Trinajstić information content (AvgIpc) is 2.64. The van der Waals surface area contributed by atoms with E-state index in [0.717, 1.165) is 5.56 Å². The molecule has 2 amide bonds. The number of rotatable bonds is 8. The molecule has 150 valence electrons. The van der Waals surface area contributed by atoms with Crippen LogP contribution in [0.25, 0.3) is 0 Å². The number of amides is 2. The summed E-state index contributed by atoms with van der Waals surface area (Å²) in [4.78, 5) is 24.0. The van der Waals surface area contributed by atoms with Crippen LogP contribution < -0.4 is 15.6 Å². The highest BCUT2D eigenvalue weighted by Gasteiger charge is 2.09. The monoisotopic (exact) mass is 442 g/mol. The molecule has 0 radical (unpaired) electrons. The summed E-state index contributed by atoms with van der Waals surface area (Å²) in [7, 11) is -0.999. The number of hydrazine groups is 1. The number of benzene rings is 2. The Labute approximate surface area is 176 Å². The molecule has 9 heteroatoms. The van der Waals surface area contributed by atoms with Gasteiger partial charge in [0.25, 0.3) is 5.91 Å². The van der Waals surface area contributed by atoms with E-state index in [0.29, 0.717) is 40.1 Å². The first-order chi connectivity index (χ1) is 13.3. The number of ether oxygens (including phenoxy) is 1. The maximum atomic E-state index is 12.1. The first-order valence-corrected chi connectivity index (χ1v) is 10.9. The Morgan fingerprint density at radius 1 is 1.11 bits per heavy atom. The molecule has 0 aromatic heterocycles. The van der Waals surface area contributed by atoms with Gasteiger partial charge in [-0.1, -0.05) is 35.3 Å². The number of carbonyl (C=O) groups excluding carboxylic acids is 2. The Bertz CT molecular complexity index is 877. The first kappa shape index (κ1) is 22.2. The van der Waals surface area contributed by atoms with Crippen LogP contribution in [-0.2, 0) is 21.3 Å². The van der Waals surface area contributed by atoms with Crippen LogP contribution >= 0.6 is 23.2 Å². The molecular formula is C19H20Cl2N2O4S. The summed E-state index contributed by atoms with van der Waals surface area (Å²) in [5.41, 5.74) is 5.89. The fourth-order valence-electron chi connectivity index (χ4n) is 2.31. The van der Waals surface area contributed by atoms with Crippen molar-refractivity contribution < 1.29 is 18.5 Å². The molecule has 0 fully saturated rings. The van der Waals surface area contributed by atoms with Crippen LogP contribution in [0.4, 0.5) is 0 Å². The predicted octanol–water partition coefficient (Wildman–Crippen LogP) is 3.49. The quantitative estimate of drug-likeness (QED) is 0.483. The molecule has 2 aromatic carbocycles. The first-order valence-electron chi connectivity index (χ1n) is 8.41. The minimum absolute atomic E-state index is 0.167. The number of nitrogens with one attached hydrogen (secondary N) is 2. The molecule has 0 aliphatic heterocycles. The van der Waals surface area contributed by atoms with Gasteiger partial charge in [-0.05, 0) is 42.3 Å². The zero-order valence-electron chi connectivity index (χ0n) is 15.2. The van der Waals surface area contributed by atoms with E-state index in [1.54, 1.807) is 48.7 Å². The zero-order valence-corrected chi connectivity index (χ0v) is 17.5. The maximum absolute atomic E-state index is 12.1. The van der Waals surface area contributed by atoms with Crippen molar-refractivity contribution in [3.8, 4) is 5.75 Å². The van der Waals surface area contributed by atoms with E-state index in [1.807, 2.05) is 0 Å². The molecule has 0 aliphatic rings. The summed E-state index contributed by atoms with van der Waals surface area (Å²) < 4.78 is 16.8. The highest BCUT2D eigenvalue weighted by atomic mass is 35.5. The van der Waals surface area contributed by atoms with Gasteiger partial charge >= 0.3 is 0 Å². The lowest BCUT2D eigenvalue weighted by Crippen LogP contribution is -2.41. The third-order valence-corrected chi connectivity index (χ3v) is 4.84. The Kier molecular flexibility index (Phi) is 8.76. The molecule has 0 bridgehead atoms. The second-order valence-electron chi connectivity index (χ2n) is 5.95. The van der Waals surface area contributed by atoms with Crippen molar-refractivity contribution in [1.29, 1.82) is 0 Å². The Hall–Kier alpha value is -2.09. The summed E-state index contributed by atoms with van der Waals surface area (Å²) in [6.45, 7) is 0.291. The molecule has 2 aromatic rings. The van der Waals surface area contributed by atoms with Gasteiger partial charge in [0.2, 0.25) is 5.91 Å². The third kappa shape index (κ3) is 7.50. The Morgan fingerprint density at radius 2 is 1.89 bits per heavy atom. The van der Waals surface area contributed by atoms with Crippen LogP contribution in [-0.4, -0.2) is 28.9 Å². The highest BCUT2D eigenvalue weighted by Crippen LogP contribution is 2.27. The minimum Gasteiger partial charge on any atom is -0.492 e. The second kappa shape index (κ2) is 11.0. The van der Waals surface area contributed by atoms with Gasteiger partial charge in [0.1, 0.15) is 5.75 Å². The number of halogens is 2. The molecule has 2 rings (SSSR count). The lowest BCUT2D eigenvalue weighted by Gasteiger charge is -2.10. The van der Waals surface area contributed by atoms with Crippen LogP contribution in [0.2, 0.25) is 10.0 Å². The van der Waals surface area contributed by atoms with Crippen LogP contribution in [0.5, 0.6) is 5.75 Å². The van der Waals surface area contributed by atoms with Crippen molar-refractivity contribution in [1.82, 2.24) is 10.9 Å². The lowest BCUT2D eigenvalue weighted by molar-refractivity contribution is -0.122. The summed E-state index contributed by atoms with van der Waals surface area (Å²) in [5.74, 6) is 0.0735. The lowest BCUT2D eigenvalue weighted by atomic mass is 10.1. The number of hydrogen-bond donors (Lipinski definition) is 2. The van der Waals surface area contributed by atoms with Gasteiger partial charge in [0.05, 0.1) is 11.6 Å². The molecular weight excluding hydrogens is 423 g/mol. The minimum atomic E-state index is -0.999. The molecule has 6 nitrogen and oxygen atoms in total. The second-order valence-corrected chi connectivity index (χ2v) is 8.23. The summed E-state index contributed by atoms with van der Waals surface area (Å²) >= 11 is 11.8. The van der Waals surface area contributed by atoms with Crippen molar-refractivity contribution in [2.45, 2.75) is 18.6 Å². The molecule has 1 atom stereocenters. The van der Waals surface area contributed by atoms with E-state index in [-0.39, 0.29) is 12.3 Å². The fraction of sp³-hybridized carbons (Fsp3) is 0.263. The van der Waals surface area contributed by atoms with Gasteiger partial charge in [-0.15, -0.1) is 0 Å². The van der Waals surface area contributed by atoms with Crippen molar-refractivity contribution >= 4 is 45.8 Å². The van der Waals surface area contributed by atoms with Gasteiger partial charge in [-0.3, -0.25) is 24.6 Å². The van der Waals surface area contributed by atoms with Crippen molar-refractivity contribution in [3.05, 3.63) is 63.6 Å². The molecule has 0 saturated carbocycles. The van der Waals surface area contributed by atoms with Crippen LogP contribution in [0.1, 0.15) is 28.8 Å².